The molecular formula is C14H17N3O2S. The number of nitrogens with zero attached hydrogens (tertiary/aromatic N) is 3. The minimum Gasteiger partial charge on any atom is -0.481 e. The Kier molecular flexibility index (Phi) is 3.56. The molecule has 0 spiro atoms. The van der Waals surface area contributed by atoms with Crippen LogP contribution in [0.2, 0.25) is 0 Å². The van der Waals surface area contributed by atoms with Crippen molar-refractivity contribution in [2.24, 2.45) is 5.92 Å². The smallest absolute Gasteiger partial charge is 0.303 e. The molecule has 1 atom stereocenters. The van der Waals surface area contributed by atoms with Crippen molar-refractivity contribution in [2.75, 3.05) is 18.0 Å². The molecule has 6 heteroatoms. The number of carboxylic acids is 1. The second kappa shape index (κ2) is 5.36. The summed E-state index contributed by atoms with van der Waals surface area (Å²) in [6.07, 6.45) is 3.78. The lowest BCUT2D eigenvalue weighted by Crippen LogP contribution is -2.21. The van der Waals surface area contributed by atoms with Crippen molar-refractivity contribution in [1.82, 2.24) is 9.97 Å². The molecule has 106 valence electrons. The molecule has 3 heterocycles. The number of aromatic nitrogens is 2. The number of carbonyl (C=O) groups is 1. The molecule has 0 radical (unpaired) electrons. The molecule has 1 unspecified atom stereocenters. The van der Waals surface area contributed by atoms with E-state index in [2.05, 4.69) is 27.9 Å². The number of carboxylic acid groups (broad SMARTS) is 1. The van der Waals surface area contributed by atoms with Gasteiger partial charge in [-0.15, -0.1) is 11.3 Å². The van der Waals surface area contributed by atoms with Crippen LogP contribution in [-0.4, -0.2) is 34.1 Å². The molecule has 3 rings (SSSR count). The average molecular weight is 291 g/mol. The molecule has 2 aromatic rings. The third kappa shape index (κ3) is 2.47. The van der Waals surface area contributed by atoms with Crippen LogP contribution in [-0.2, 0) is 11.2 Å². The maximum atomic E-state index is 10.8. The van der Waals surface area contributed by atoms with Crippen LogP contribution in [0, 0.1) is 5.92 Å². The summed E-state index contributed by atoms with van der Waals surface area (Å²) in [7, 11) is 0. The Balaban J connectivity index is 1.87. The van der Waals surface area contributed by atoms with Gasteiger partial charge in [0.1, 0.15) is 17.0 Å². The summed E-state index contributed by atoms with van der Waals surface area (Å²) in [5, 5.41) is 10.00. The van der Waals surface area contributed by atoms with Crippen molar-refractivity contribution in [1.29, 1.82) is 0 Å². The predicted octanol–water partition coefficient (Wildman–Crippen LogP) is 2.55. The van der Waals surface area contributed by atoms with Gasteiger partial charge in [0.05, 0.1) is 5.39 Å². The highest BCUT2D eigenvalue weighted by Crippen LogP contribution is 2.33. The van der Waals surface area contributed by atoms with Gasteiger partial charge in [-0.05, 0) is 24.8 Å². The zero-order valence-corrected chi connectivity index (χ0v) is 12.2. The number of aryl methyl sites for hydroxylation is 1. The van der Waals surface area contributed by atoms with Crippen molar-refractivity contribution in [2.45, 2.75) is 26.2 Å². The van der Waals surface area contributed by atoms with E-state index in [1.807, 2.05) is 0 Å². The van der Waals surface area contributed by atoms with Crippen LogP contribution in [0.1, 0.15) is 24.6 Å². The monoisotopic (exact) mass is 291 g/mol. The number of thiophene rings is 1. The van der Waals surface area contributed by atoms with Gasteiger partial charge in [0.25, 0.3) is 0 Å². The molecule has 0 bridgehead atoms. The number of aliphatic carboxylic acids is 1. The number of fused-ring (bicyclic) bond motifs is 1. The Labute approximate surface area is 121 Å². The van der Waals surface area contributed by atoms with Crippen LogP contribution in [0.25, 0.3) is 10.2 Å². The Morgan fingerprint density at radius 2 is 2.40 bits per heavy atom. The summed E-state index contributed by atoms with van der Waals surface area (Å²) >= 11 is 1.71. The zero-order valence-electron chi connectivity index (χ0n) is 11.4. The van der Waals surface area contributed by atoms with Crippen molar-refractivity contribution in [3.63, 3.8) is 0 Å². The van der Waals surface area contributed by atoms with E-state index < -0.39 is 5.97 Å². The van der Waals surface area contributed by atoms with Crippen molar-refractivity contribution < 1.29 is 9.90 Å². The van der Waals surface area contributed by atoms with Gasteiger partial charge in [-0.3, -0.25) is 4.79 Å². The SMILES string of the molecule is CCc1cc2c(N3CCC(CC(=O)O)C3)ncnc2s1. The minimum absolute atomic E-state index is 0.224. The average Bonchev–Trinajstić information content (AvgIpc) is 3.03. The Morgan fingerprint density at radius 3 is 3.15 bits per heavy atom. The fourth-order valence-corrected chi connectivity index (χ4v) is 3.69. The summed E-state index contributed by atoms with van der Waals surface area (Å²) in [4.78, 5) is 24.1. The third-order valence-electron chi connectivity index (χ3n) is 3.76. The fraction of sp³-hybridized carbons (Fsp3) is 0.500. The molecule has 0 amide bonds. The van der Waals surface area contributed by atoms with Crippen LogP contribution in [0.5, 0.6) is 0 Å². The van der Waals surface area contributed by atoms with Gasteiger partial charge < -0.3 is 10.0 Å². The Morgan fingerprint density at radius 1 is 1.55 bits per heavy atom. The van der Waals surface area contributed by atoms with E-state index in [1.165, 1.54) is 4.88 Å². The first kappa shape index (κ1) is 13.3. The normalized spacial score (nSPS) is 18.9. The van der Waals surface area contributed by atoms with Crippen molar-refractivity contribution in [3.05, 3.63) is 17.3 Å². The van der Waals surface area contributed by atoms with E-state index in [0.29, 0.717) is 0 Å². The molecule has 5 nitrogen and oxygen atoms in total. The van der Waals surface area contributed by atoms with Gasteiger partial charge in [0.2, 0.25) is 0 Å². The molecular weight excluding hydrogens is 274 g/mol. The second-order valence-corrected chi connectivity index (χ2v) is 6.30. The molecule has 0 aliphatic carbocycles. The van der Waals surface area contributed by atoms with E-state index in [4.69, 9.17) is 5.11 Å². The molecule has 1 N–H and O–H groups in total. The topological polar surface area (TPSA) is 66.3 Å². The van der Waals surface area contributed by atoms with Crippen molar-refractivity contribution in [3.8, 4) is 0 Å². The van der Waals surface area contributed by atoms with E-state index in [0.717, 1.165) is 42.0 Å². The van der Waals surface area contributed by atoms with E-state index in [1.54, 1.807) is 17.7 Å². The maximum absolute atomic E-state index is 10.8. The molecule has 1 saturated heterocycles. The highest BCUT2D eigenvalue weighted by atomic mass is 32.1. The highest BCUT2D eigenvalue weighted by molar-refractivity contribution is 7.18. The third-order valence-corrected chi connectivity index (χ3v) is 4.94. The van der Waals surface area contributed by atoms with Gasteiger partial charge in [-0.1, -0.05) is 6.92 Å². The molecule has 0 aromatic carbocycles. The van der Waals surface area contributed by atoms with Crippen LogP contribution < -0.4 is 4.90 Å². The lowest BCUT2D eigenvalue weighted by atomic mass is 10.1. The quantitative estimate of drug-likeness (QED) is 0.937. The lowest BCUT2D eigenvalue weighted by molar-refractivity contribution is -0.137. The predicted molar refractivity (Wildman–Crippen MR) is 79.4 cm³/mol. The van der Waals surface area contributed by atoms with Gasteiger partial charge >= 0.3 is 5.97 Å². The Hall–Kier alpha value is -1.69. The van der Waals surface area contributed by atoms with Gasteiger partial charge in [-0.2, -0.15) is 0 Å². The molecule has 1 aliphatic rings. The summed E-state index contributed by atoms with van der Waals surface area (Å²) in [5.74, 6) is 0.467. The standard InChI is InChI=1S/C14H17N3O2S/c1-2-10-6-11-13(15-8-16-14(11)20-10)17-4-3-9(7-17)5-12(18)19/h6,8-9H,2-5,7H2,1H3,(H,18,19). The number of rotatable bonds is 4. The van der Waals surface area contributed by atoms with Gasteiger partial charge in [-0.25, -0.2) is 9.97 Å². The Bertz CT molecular complexity index is 640. The van der Waals surface area contributed by atoms with Crippen LogP contribution in [0.4, 0.5) is 5.82 Å². The van der Waals surface area contributed by atoms with Gasteiger partial charge in [0.15, 0.2) is 0 Å². The van der Waals surface area contributed by atoms with Crippen molar-refractivity contribution >= 4 is 33.3 Å². The number of hydrogen-bond donors (Lipinski definition) is 1. The second-order valence-electron chi connectivity index (χ2n) is 5.18. The first-order valence-electron chi connectivity index (χ1n) is 6.87. The van der Waals surface area contributed by atoms with Crippen LogP contribution in [0.3, 0.4) is 0 Å². The largest absolute Gasteiger partial charge is 0.481 e. The van der Waals surface area contributed by atoms with Gasteiger partial charge in [0, 0.05) is 24.4 Å². The molecule has 1 aliphatic heterocycles. The summed E-state index contributed by atoms with van der Waals surface area (Å²) < 4.78 is 0. The maximum Gasteiger partial charge on any atom is 0.303 e. The first-order valence-corrected chi connectivity index (χ1v) is 7.69. The summed E-state index contributed by atoms with van der Waals surface area (Å²) in [5.41, 5.74) is 0. The molecule has 2 aromatic heterocycles. The van der Waals surface area contributed by atoms with Crippen LogP contribution in [0.15, 0.2) is 12.4 Å². The lowest BCUT2D eigenvalue weighted by Gasteiger charge is -2.17. The zero-order chi connectivity index (χ0) is 14.1. The van der Waals surface area contributed by atoms with E-state index in [-0.39, 0.29) is 12.3 Å². The number of hydrogen-bond acceptors (Lipinski definition) is 5. The molecule has 0 saturated carbocycles. The minimum atomic E-state index is -0.714. The highest BCUT2D eigenvalue weighted by Gasteiger charge is 2.26. The molecule has 1 fully saturated rings. The van der Waals surface area contributed by atoms with E-state index in [9.17, 15) is 4.79 Å². The summed E-state index contributed by atoms with van der Waals surface area (Å²) in [6, 6.07) is 2.17. The first-order chi connectivity index (χ1) is 9.67. The molecule has 20 heavy (non-hydrogen) atoms. The number of anilines is 1. The summed E-state index contributed by atoms with van der Waals surface area (Å²) in [6.45, 7) is 3.79. The fourth-order valence-electron chi connectivity index (χ4n) is 2.76. The van der Waals surface area contributed by atoms with Crippen LogP contribution >= 0.6 is 11.3 Å². The van der Waals surface area contributed by atoms with E-state index >= 15 is 0 Å².